The van der Waals surface area contributed by atoms with Crippen molar-refractivity contribution in [2.75, 3.05) is 20.3 Å². The Morgan fingerprint density at radius 3 is 2.62 bits per heavy atom. The van der Waals surface area contributed by atoms with Gasteiger partial charge in [0.25, 0.3) is 0 Å². The van der Waals surface area contributed by atoms with E-state index in [9.17, 15) is 4.79 Å². The molecule has 0 saturated carbocycles. The number of hydrogen-bond donors (Lipinski definition) is 2. The molecule has 2 unspecified atom stereocenters. The third-order valence-electron chi connectivity index (χ3n) is 5.76. The van der Waals surface area contributed by atoms with Crippen LogP contribution in [0.15, 0.2) is 95.1 Å². The summed E-state index contributed by atoms with van der Waals surface area (Å²) in [7, 11) is 1.63. The zero-order valence-corrected chi connectivity index (χ0v) is 19.4. The number of carbonyl (C=O) groups is 1. The molecule has 2 N–H and O–H groups in total. The van der Waals surface area contributed by atoms with Gasteiger partial charge in [-0.3, -0.25) is 4.79 Å². The average Bonchev–Trinajstić information content (AvgIpc) is 3.37. The first-order chi connectivity index (χ1) is 16.6. The van der Waals surface area contributed by atoms with Crippen LogP contribution in [0.25, 0.3) is 11.1 Å². The highest BCUT2D eigenvalue weighted by Gasteiger charge is 2.28. The van der Waals surface area contributed by atoms with Gasteiger partial charge in [-0.25, -0.2) is 0 Å². The molecule has 1 aliphatic rings. The molecular formula is C28H29NO5. The maximum Gasteiger partial charge on any atom is 0.193 e. The lowest BCUT2D eigenvalue weighted by molar-refractivity contribution is 0.0922. The van der Waals surface area contributed by atoms with Crippen molar-refractivity contribution in [1.29, 1.82) is 0 Å². The van der Waals surface area contributed by atoms with Crippen LogP contribution < -0.4 is 5.32 Å². The first kappa shape index (κ1) is 23.5. The number of carbonyl (C=O) groups excluding carboxylic acids is 1. The molecule has 2 aromatic carbocycles. The van der Waals surface area contributed by atoms with Crippen molar-refractivity contribution in [3.8, 4) is 11.1 Å². The van der Waals surface area contributed by atoms with Gasteiger partial charge in [0.1, 0.15) is 24.7 Å². The number of benzene rings is 2. The minimum Gasteiger partial charge on any atom is -0.495 e. The summed E-state index contributed by atoms with van der Waals surface area (Å²) in [4.78, 5) is 13.9. The van der Waals surface area contributed by atoms with Crippen LogP contribution in [0.1, 0.15) is 33.9 Å². The number of aryl methyl sites for hydroxylation is 1. The molecule has 0 bridgehead atoms. The van der Waals surface area contributed by atoms with Gasteiger partial charge < -0.3 is 24.3 Å². The van der Waals surface area contributed by atoms with Gasteiger partial charge in [-0.1, -0.05) is 60.2 Å². The van der Waals surface area contributed by atoms with E-state index in [0.29, 0.717) is 17.7 Å². The van der Waals surface area contributed by atoms with E-state index in [1.807, 2.05) is 73.7 Å². The van der Waals surface area contributed by atoms with Gasteiger partial charge in [0.05, 0.1) is 24.5 Å². The van der Waals surface area contributed by atoms with E-state index in [1.54, 1.807) is 13.4 Å². The molecule has 1 aliphatic carbocycles. The third kappa shape index (κ3) is 5.47. The Morgan fingerprint density at radius 1 is 1.15 bits per heavy atom. The van der Waals surface area contributed by atoms with Crippen LogP contribution in [0.3, 0.4) is 0 Å². The number of ketones is 1. The number of nitrogens with one attached hydrogen (secondary N) is 1. The van der Waals surface area contributed by atoms with E-state index in [2.05, 4.69) is 5.32 Å². The molecule has 0 radical (unpaired) electrons. The fourth-order valence-electron chi connectivity index (χ4n) is 3.97. The molecule has 2 atom stereocenters. The Morgan fingerprint density at radius 2 is 1.91 bits per heavy atom. The van der Waals surface area contributed by atoms with Gasteiger partial charge >= 0.3 is 0 Å². The molecule has 34 heavy (non-hydrogen) atoms. The highest BCUT2D eigenvalue weighted by Crippen LogP contribution is 2.30. The Bertz CT molecular complexity index is 1160. The molecule has 0 aliphatic heterocycles. The molecule has 176 valence electrons. The second-order valence-corrected chi connectivity index (χ2v) is 8.20. The quantitative estimate of drug-likeness (QED) is 0.417. The van der Waals surface area contributed by atoms with Crippen LogP contribution in [0, 0.1) is 6.92 Å². The zero-order chi connectivity index (χ0) is 23.9. The summed E-state index contributed by atoms with van der Waals surface area (Å²) in [6.45, 7) is 2.14. The van der Waals surface area contributed by atoms with Gasteiger partial charge in [0, 0.05) is 24.8 Å². The number of methoxy groups -OCH3 is 1. The number of rotatable bonds is 10. The largest absolute Gasteiger partial charge is 0.495 e. The summed E-state index contributed by atoms with van der Waals surface area (Å²) in [5.74, 6) is 0.581. The number of aliphatic hydroxyl groups excluding tert-OH is 1. The number of aliphatic hydroxyl groups is 1. The number of hydrogen-bond acceptors (Lipinski definition) is 6. The number of Topliss-reactive ketones (excluding diaryl/α,β-unsaturated/α-hetero) is 1. The second-order valence-electron chi connectivity index (χ2n) is 8.20. The van der Waals surface area contributed by atoms with E-state index in [4.69, 9.17) is 19.0 Å². The molecule has 0 saturated heterocycles. The first-order valence-corrected chi connectivity index (χ1v) is 11.3. The highest BCUT2D eigenvalue weighted by atomic mass is 16.5. The predicted molar refractivity (Wildman–Crippen MR) is 130 cm³/mol. The first-order valence-electron chi connectivity index (χ1n) is 11.3. The SMILES string of the molecule is COC1C=C(NC(C(=O)c2cocc2-c2ccccc2)c2ccc(C)cc2)C=C(OCCO)C1. The van der Waals surface area contributed by atoms with E-state index >= 15 is 0 Å². The summed E-state index contributed by atoms with van der Waals surface area (Å²) in [5.41, 5.74) is 4.83. The molecule has 4 rings (SSSR count). The third-order valence-corrected chi connectivity index (χ3v) is 5.76. The van der Waals surface area contributed by atoms with Crippen molar-refractivity contribution in [2.24, 2.45) is 0 Å². The van der Waals surface area contributed by atoms with Gasteiger partial charge in [-0.15, -0.1) is 0 Å². The Balaban J connectivity index is 1.69. The number of furan rings is 1. The lowest BCUT2D eigenvalue weighted by Crippen LogP contribution is -2.30. The van der Waals surface area contributed by atoms with Gasteiger partial charge in [0.2, 0.25) is 0 Å². The van der Waals surface area contributed by atoms with E-state index in [-0.39, 0.29) is 25.1 Å². The van der Waals surface area contributed by atoms with Crippen LogP contribution >= 0.6 is 0 Å². The molecule has 3 aromatic rings. The van der Waals surface area contributed by atoms with Crippen molar-refractivity contribution < 1.29 is 23.8 Å². The maximum absolute atomic E-state index is 13.9. The Hall–Kier alpha value is -3.61. The van der Waals surface area contributed by atoms with Crippen molar-refractivity contribution in [3.05, 3.63) is 107 Å². The van der Waals surface area contributed by atoms with Crippen LogP contribution in [0.5, 0.6) is 0 Å². The van der Waals surface area contributed by atoms with Crippen molar-refractivity contribution >= 4 is 5.78 Å². The Kier molecular flexibility index (Phi) is 7.62. The van der Waals surface area contributed by atoms with Gasteiger partial charge in [-0.05, 0) is 30.2 Å². The molecule has 1 heterocycles. The maximum atomic E-state index is 13.9. The smallest absolute Gasteiger partial charge is 0.193 e. The fourth-order valence-corrected chi connectivity index (χ4v) is 3.97. The summed E-state index contributed by atoms with van der Waals surface area (Å²) in [6, 6.07) is 16.9. The lowest BCUT2D eigenvalue weighted by atomic mass is 9.93. The fraction of sp³-hybridized carbons (Fsp3) is 0.250. The molecule has 0 amide bonds. The minimum atomic E-state index is -0.655. The van der Waals surface area contributed by atoms with Crippen molar-refractivity contribution in [2.45, 2.75) is 25.5 Å². The van der Waals surface area contributed by atoms with Crippen LogP contribution in [0.4, 0.5) is 0 Å². The highest BCUT2D eigenvalue weighted by molar-refractivity contribution is 6.05. The molecule has 0 spiro atoms. The predicted octanol–water partition coefficient (Wildman–Crippen LogP) is 4.96. The lowest BCUT2D eigenvalue weighted by Gasteiger charge is -2.25. The van der Waals surface area contributed by atoms with Gasteiger partial charge in [-0.2, -0.15) is 0 Å². The van der Waals surface area contributed by atoms with E-state index < -0.39 is 6.04 Å². The zero-order valence-electron chi connectivity index (χ0n) is 19.4. The second kappa shape index (κ2) is 11.0. The van der Waals surface area contributed by atoms with Crippen molar-refractivity contribution in [3.63, 3.8) is 0 Å². The summed E-state index contributed by atoms with van der Waals surface area (Å²) in [6.07, 6.45) is 7.26. The van der Waals surface area contributed by atoms with Crippen LogP contribution in [-0.4, -0.2) is 37.3 Å². The standard InChI is InChI=1S/C28H29NO5/c1-19-8-10-21(11-9-19)27(29-22-14-23(32-2)16-24(15-22)34-13-12-30)28(31)26-18-33-17-25(26)20-6-4-3-5-7-20/h3-11,14-15,17-18,23,27,29-30H,12-13,16H2,1-2H3. The normalized spacial score (nSPS) is 16.4. The Labute approximate surface area is 199 Å². The van der Waals surface area contributed by atoms with Gasteiger partial charge in [0.15, 0.2) is 5.78 Å². The van der Waals surface area contributed by atoms with Crippen LogP contribution in [0.2, 0.25) is 0 Å². The minimum absolute atomic E-state index is 0.0747. The molecule has 6 heteroatoms. The van der Waals surface area contributed by atoms with E-state index in [0.717, 1.165) is 28.0 Å². The number of ether oxygens (including phenoxy) is 2. The van der Waals surface area contributed by atoms with E-state index in [1.165, 1.54) is 6.26 Å². The molecule has 6 nitrogen and oxygen atoms in total. The summed E-state index contributed by atoms with van der Waals surface area (Å²) < 4.78 is 16.7. The molecule has 1 aromatic heterocycles. The monoisotopic (exact) mass is 459 g/mol. The van der Waals surface area contributed by atoms with Crippen molar-refractivity contribution in [1.82, 2.24) is 5.32 Å². The van der Waals surface area contributed by atoms with Crippen LogP contribution in [-0.2, 0) is 9.47 Å². The topological polar surface area (TPSA) is 80.9 Å². The number of allylic oxidation sites excluding steroid dienone is 1. The summed E-state index contributed by atoms with van der Waals surface area (Å²) >= 11 is 0. The summed E-state index contributed by atoms with van der Waals surface area (Å²) in [5, 5.41) is 12.5. The average molecular weight is 460 g/mol. The molecule has 0 fully saturated rings. The molecular weight excluding hydrogens is 430 g/mol.